The summed E-state index contributed by atoms with van der Waals surface area (Å²) in [7, 11) is 1.50. The van der Waals surface area contributed by atoms with Gasteiger partial charge in [-0.3, -0.25) is 4.79 Å². The van der Waals surface area contributed by atoms with Crippen LogP contribution in [0.2, 0.25) is 0 Å². The Bertz CT molecular complexity index is 570. The normalized spacial score (nSPS) is 10.0. The van der Waals surface area contributed by atoms with Gasteiger partial charge in [-0.25, -0.2) is 9.37 Å². The van der Waals surface area contributed by atoms with Crippen molar-refractivity contribution in [2.24, 2.45) is 0 Å². The minimum atomic E-state index is -0.337. The van der Waals surface area contributed by atoms with Gasteiger partial charge in [0.05, 0.1) is 12.7 Å². The van der Waals surface area contributed by atoms with Gasteiger partial charge in [-0.1, -0.05) is 18.2 Å². The molecule has 19 heavy (non-hydrogen) atoms. The standard InChI is InChI=1S/C14H13FN2O2/c1-19-13-7-6-11(9-16-13)14(18)17-8-10-4-2-3-5-12(10)15/h2-7,9H,8H2,1H3,(H,17,18). The van der Waals surface area contributed by atoms with Gasteiger partial charge >= 0.3 is 0 Å². The highest BCUT2D eigenvalue weighted by atomic mass is 19.1. The van der Waals surface area contributed by atoms with Crippen molar-refractivity contribution >= 4 is 5.91 Å². The molecular weight excluding hydrogens is 247 g/mol. The fourth-order valence-corrected chi connectivity index (χ4v) is 1.55. The molecule has 2 rings (SSSR count). The first kappa shape index (κ1) is 13.0. The van der Waals surface area contributed by atoms with Gasteiger partial charge in [0.1, 0.15) is 5.82 Å². The molecule has 0 spiro atoms. The van der Waals surface area contributed by atoms with E-state index in [2.05, 4.69) is 10.3 Å². The molecule has 0 atom stereocenters. The number of carbonyl (C=O) groups excluding carboxylic acids is 1. The third-order valence-electron chi connectivity index (χ3n) is 2.60. The summed E-state index contributed by atoms with van der Waals surface area (Å²) in [5.74, 6) is -0.209. The van der Waals surface area contributed by atoms with Crippen LogP contribution in [0.3, 0.4) is 0 Å². The molecule has 1 aromatic carbocycles. The maximum absolute atomic E-state index is 13.4. The van der Waals surface area contributed by atoms with Gasteiger partial charge in [-0.05, 0) is 12.1 Å². The Morgan fingerprint density at radius 2 is 2.11 bits per heavy atom. The monoisotopic (exact) mass is 260 g/mol. The van der Waals surface area contributed by atoms with Crippen molar-refractivity contribution in [1.29, 1.82) is 0 Å². The van der Waals surface area contributed by atoms with Crippen LogP contribution in [-0.2, 0) is 6.54 Å². The quantitative estimate of drug-likeness (QED) is 0.916. The van der Waals surface area contributed by atoms with Crippen LogP contribution in [0.4, 0.5) is 4.39 Å². The van der Waals surface area contributed by atoms with Crippen molar-refractivity contribution in [2.75, 3.05) is 7.11 Å². The second-order valence-corrected chi connectivity index (χ2v) is 3.86. The van der Waals surface area contributed by atoms with E-state index in [4.69, 9.17) is 4.74 Å². The third kappa shape index (κ3) is 3.28. The van der Waals surface area contributed by atoms with E-state index < -0.39 is 0 Å². The van der Waals surface area contributed by atoms with E-state index in [9.17, 15) is 9.18 Å². The minimum absolute atomic E-state index is 0.136. The first-order valence-corrected chi connectivity index (χ1v) is 5.72. The fourth-order valence-electron chi connectivity index (χ4n) is 1.55. The zero-order chi connectivity index (χ0) is 13.7. The molecule has 1 N–H and O–H groups in total. The Hall–Kier alpha value is -2.43. The summed E-state index contributed by atoms with van der Waals surface area (Å²) in [6.07, 6.45) is 1.41. The minimum Gasteiger partial charge on any atom is -0.481 e. The summed E-state index contributed by atoms with van der Waals surface area (Å²) < 4.78 is 18.3. The highest BCUT2D eigenvalue weighted by Crippen LogP contribution is 2.08. The average molecular weight is 260 g/mol. The average Bonchev–Trinajstić information content (AvgIpc) is 2.46. The largest absolute Gasteiger partial charge is 0.481 e. The van der Waals surface area contributed by atoms with Crippen molar-refractivity contribution in [3.63, 3.8) is 0 Å². The Kier molecular flexibility index (Phi) is 4.07. The molecule has 1 amide bonds. The van der Waals surface area contributed by atoms with Gasteiger partial charge < -0.3 is 10.1 Å². The molecule has 0 fully saturated rings. The van der Waals surface area contributed by atoms with Crippen LogP contribution in [0.5, 0.6) is 5.88 Å². The Morgan fingerprint density at radius 3 is 2.74 bits per heavy atom. The van der Waals surface area contributed by atoms with Crippen LogP contribution in [0.25, 0.3) is 0 Å². The van der Waals surface area contributed by atoms with Crippen LogP contribution in [0.15, 0.2) is 42.6 Å². The molecule has 0 unspecified atom stereocenters. The molecule has 0 aliphatic carbocycles. The second kappa shape index (κ2) is 5.95. The SMILES string of the molecule is COc1ccc(C(=O)NCc2ccccc2F)cn1. The number of aromatic nitrogens is 1. The number of amides is 1. The van der Waals surface area contributed by atoms with Gasteiger partial charge in [0.25, 0.3) is 5.91 Å². The van der Waals surface area contributed by atoms with Gasteiger partial charge in [0.2, 0.25) is 5.88 Å². The summed E-state index contributed by atoms with van der Waals surface area (Å²) in [4.78, 5) is 15.7. The number of nitrogens with zero attached hydrogens (tertiary/aromatic N) is 1. The molecule has 2 aromatic rings. The molecule has 1 aromatic heterocycles. The van der Waals surface area contributed by atoms with Crippen LogP contribution >= 0.6 is 0 Å². The second-order valence-electron chi connectivity index (χ2n) is 3.86. The smallest absolute Gasteiger partial charge is 0.253 e. The fraction of sp³-hybridized carbons (Fsp3) is 0.143. The van der Waals surface area contributed by atoms with Gasteiger partial charge in [0, 0.05) is 24.4 Å². The van der Waals surface area contributed by atoms with Gasteiger partial charge in [-0.2, -0.15) is 0 Å². The predicted octanol–water partition coefficient (Wildman–Crippen LogP) is 2.16. The van der Waals surface area contributed by atoms with E-state index in [0.717, 1.165) is 0 Å². The summed E-state index contributed by atoms with van der Waals surface area (Å²) in [5.41, 5.74) is 0.842. The number of methoxy groups -OCH3 is 1. The highest BCUT2D eigenvalue weighted by molar-refractivity contribution is 5.93. The Labute approximate surface area is 110 Å². The van der Waals surface area contributed by atoms with Crippen LogP contribution in [-0.4, -0.2) is 18.0 Å². The molecule has 0 radical (unpaired) electrons. The lowest BCUT2D eigenvalue weighted by Gasteiger charge is -2.06. The molecule has 0 saturated heterocycles. The van der Waals surface area contributed by atoms with Crippen LogP contribution in [0, 0.1) is 5.82 Å². The molecule has 0 saturated carbocycles. The number of pyridine rings is 1. The number of rotatable bonds is 4. The van der Waals surface area contributed by atoms with Crippen molar-refractivity contribution < 1.29 is 13.9 Å². The zero-order valence-electron chi connectivity index (χ0n) is 10.4. The van der Waals surface area contributed by atoms with Crippen molar-refractivity contribution in [3.05, 3.63) is 59.5 Å². The topological polar surface area (TPSA) is 51.2 Å². The number of nitrogens with one attached hydrogen (secondary N) is 1. The van der Waals surface area contributed by atoms with Crippen LogP contribution < -0.4 is 10.1 Å². The molecule has 0 aliphatic heterocycles. The Balaban J connectivity index is 1.99. The maximum Gasteiger partial charge on any atom is 0.253 e. The number of hydrogen-bond donors (Lipinski definition) is 1. The van der Waals surface area contributed by atoms with Gasteiger partial charge in [-0.15, -0.1) is 0 Å². The first-order valence-electron chi connectivity index (χ1n) is 5.72. The summed E-state index contributed by atoms with van der Waals surface area (Å²) in [6.45, 7) is 0.136. The summed E-state index contributed by atoms with van der Waals surface area (Å²) in [6, 6.07) is 9.51. The summed E-state index contributed by atoms with van der Waals surface area (Å²) >= 11 is 0. The van der Waals surface area contributed by atoms with E-state index in [1.807, 2.05) is 0 Å². The van der Waals surface area contributed by atoms with Crippen LogP contribution in [0.1, 0.15) is 15.9 Å². The molecule has 5 heteroatoms. The van der Waals surface area contributed by atoms with E-state index >= 15 is 0 Å². The van der Waals surface area contributed by atoms with Crippen molar-refractivity contribution in [1.82, 2.24) is 10.3 Å². The molecule has 4 nitrogen and oxygen atoms in total. The number of benzene rings is 1. The van der Waals surface area contributed by atoms with E-state index in [1.165, 1.54) is 19.4 Å². The molecule has 0 aliphatic rings. The summed E-state index contributed by atoms with van der Waals surface area (Å²) in [5, 5.41) is 2.63. The molecule has 98 valence electrons. The number of halogens is 1. The first-order chi connectivity index (χ1) is 9.20. The number of ether oxygens (including phenoxy) is 1. The number of hydrogen-bond acceptors (Lipinski definition) is 3. The molecule has 0 bridgehead atoms. The third-order valence-corrected chi connectivity index (χ3v) is 2.60. The van der Waals surface area contributed by atoms with E-state index in [0.29, 0.717) is 17.0 Å². The molecular formula is C14H13FN2O2. The maximum atomic E-state index is 13.4. The lowest BCUT2D eigenvalue weighted by atomic mass is 10.2. The zero-order valence-corrected chi connectivity index (χ0v) is 10.4. The Morgan fingerprint density at radius 1 is 1.32 bits per heavy atom. The van der Waals surface area contributed by atoms with E-state index in [-0.39, 0.29) is 18.3 Å². The lowest BCUT2D eigenvalue weighted by molar-refractivity contribution is 0.0950. The molecule has 1 heterocycles. The lowest BCUT2D eigenvalue weighted by Crippen LogP contribution is -2.23. The highest BCUT2D eigenvalue weighted by Gasteiger charge is 2.07. The van der Waals surface area contributed by atoms with Crippen molar-refractivity contribution in [2.45, 2.75) is 6.54 Å². The van der Waals surface area contributed by atoms with E-state index in [1.54, 1.807) is 30.3 Å². The predicted molar refractivity (Wildman–Crippen MR) is 68.4 cm³/mol. The van der Waals surface area contributed by atoms with Crippen molar-refractivity contribution in [3.8, 4) is 5.88 Å². The number of carbonyl (C=O) groups is 1. The van der Waals surface area contributed by atoms with Gasteiger partial charge in [0.15, 0.2) is 0 Å².